The maximum Gasteiger partial charge on any atom is 0.275 e. The standard InChI is InChI=1S/C23H24N4O5/c1-3-32-16-11-9-15(10-12-16)20-19-21(25-24-20)23(28)26(13-6-14-31-2)22(19)17-7-4-5-8-18(17)27(29)30/h4-5,7-12,22H,3,6,13-14H2,1-2H3,(H,24,25). The van der Waals surface area contributed by atoms with Crippen molar-refractivity contribution in [2.75, 3.05) is 26.9 Å². The van der Waals surface area contributed by atoms with Crippen molar-refractivity contribution in [2.24, 2.45) is 0 Å². The molecule has 9 nitrogen and oxygen atoms in total. The highest BCUT2D eigenvalue weighted by atomic mass is 16.6. The zero-order valence-electron chi connectivity index (χ0n) is 17.9. The number of hydrogen-bond acceptors (Lipinski definition) is 6. The number of aromatic nitrogens is 2. The average molecular weight is 436 g/mol. The Balaban J connectivity index is 1.83. The maximum absolute atomic E-state index is 13.3. The molecule has 166 valence electrons. The van der Waals surface area contributed by atoms with Crippen LogP contribution in [-0.4, -0.2) is 52.8 Å². The van der Waals surface area contributed by atoms with Crippen LogP contribution in [0.3, 0.4) is 0 Å². The van der Waals surface area contributed by atoms with Gasteiger partial charge >= 0.3 is 0 Å². The molecule has 0 fully saturated rings. The zero-order valence-corrected chi connectivity index (χ0v) is 17.9. The fraction of sp³-hybridized carbons (Fsp3) is 0.304. The highest BCUT2D eigenvalue weighted by Crippen LogP contribution is 2.45. The molecule has 1 atom stereocenters. The molecule has 2 heterocycles. The predicted octanol–water partition coefficient (Wildman–Crippen LogP) is 3.97. The normalized spacial score (nSPS) is 15.1. The van der Waals surface area contributed by atoms with Crippen molar-refractivity contribution < 1.29 is 19.2 Å². The molecule has 0 saturated carbocycles. The first kappa shape index (κ1) is 21.5. The van der Waals surface area contributed by atoms with Crippen LogP contribution in [0, 0.1) is 10.1 Å². The van der Waals surface area contributed by atoms with E-state index in [4.69, 9.17) is 9.47 Å². The van der Waals surface area contributed by atoms with Gasteiger partial charge in [-0.25, -0.2) is 0 Å². The second-order valence-electron chi connectivity index (χ2n) is 7.38. The van der Waals surface area contributed by atoms with E-state index in [0.29, 0.717) is 48.7 Å². The summed E-state index contributed by atoms with van der Waals surface area (Å²) in [6.07, 6.45) is 0.607. The molecular formula is C23H24N4O5. The number of amides is 1. The van der Waals surface area contributed by atoms with Crippen molar-refractivity contribution in [1.82, 2.24) is 15.1 Å². The van der Waals surface area contributed by atoms with Crippen LogP contribution in [0.5, 0.6) is 5.75 Å². The van der Waals surface area contributed by atoms with Gasteiger partial charge in [-0.1, -0.05) is 12.1 Å². The van der Waals surface area contributed by atoms with Crippen LogP contribution in [-0.2, 0) is 4.74 Å². The Kier molecular flexibility index (Phi) is 6.18. The number of fused-ring (bicyclic) bond motifs is 1. The van der Waals surface area contributed by atoms with Crippen molar-refractivity contribution in [3.63, 3.8) is 0 Å². The first-order valence-electron chi connectivity index (χ1n) is 10.4. The number of nitro benzene ring substituents is 1. The van der Waals surface area contributed by atoms with E-state index in [2.05, 4.69) is 10.2 Å². The number of ether oxygens (including phenoxy) is 2. The highest BCUT2D eigenvalue weighted by Gasteiger charge is 2.44. The molecule has 1 aliphatic rings. The fourth-order valence-electron chi connectivity index (χ4n) is 4.11. The maximum atomic E-state index is 13.3. The van der Waals surface area contributed by atoms with Crippen molar-refractivity contribution in [3.8, 4) is 17.0 Å². The number of methoxy groups -OCH3 is 1. The van der Waals surface area contributed by atoms with Crippen LogP contribution in [0.15, 0.2) is 48.5 Å². The lowest BCUT2D eigenvalue weighted by atomic mass is 9.95. The number of nitro groups is 1. The number of carbonyl (C=O) groups is 1. The quantitative estimate of drug-likeness (QED) is 0.309. The number of hydrogen-bond donors (Lipinski definition) is 1. The monoisotopic (exact) mass is 436 g/mol. The lowest BCUT2D eigenvalue weighted by molar-refractivity contribution is -0.385. The summed E-state index contributed by atoms with van der Waals surface area (Å²) in [6.45, 7) is 3.34. The van der Waals surface area contributed by atoms with Crippen LogP contribution in [0.4, 0.5) is 5.69 Å². The SMILES string of the molecule is CCOc1ccc(-c2n[nH]c3c2C(c2ccccc2[N+](=O)[O-])N(CCCOC)C3=O)cc1. The average Bonchev–Trinajstić information content (AvgIpc) is 3.34. The van der Waals surface area contributed by atoms with Gasteiger partial charge in [0.2, 0.25) is 0 Å². The summed E-state index contributed by atoms with van der Waals surface area (Å²) >= 11 is 0. The molecule has 2 aromatic carbocycles. The summed E-state index contributed by atoms with van der Waals surface area (Å²) in [5.74, 6) is 0.500. The van der Waals surface area contributed by atoms with Crippen molar-refractivity contribution in [3.05, 3.63) is 75.5 Å². The van der Waals surface area contributed by atoms with Gasteiger partial charge in [-0.2, -0.15) is 5.10 Å². The van der Waals surface area contributed by atoms with Crippen LogP contribution < -0.4 is 4.74 Å². The van der Waals surface area contributed by atoms with Crippen LogP contribution >= 0.6 is 0 Å². The summed E-state index contributed by atoms with van der Waals surface area (Å²) in [4.78, 5) is 26.3. The van der Waals surface area contributed by atoms with Crippen molar-refractivity contribution >= 4 is 11.6 Å². The summed E-state index contributed by atoms with van der Waals surface area (Å²) in [5.41, 5.74) is 2.81. The first-order chi connectivity index (χ1) is 15.6. The van der Waals surface area contributed by atoms with E-state index < -0.39 is 11.0 Å². The van der Waals surface area contributed by atoms with E-state index in [1.54, 1.807) is 30.2 Å². The molecule has 0 saturated heterocycles. The molecule has 0 spiro atoms. The molecule has 1 unspecified atom stereocenters. The number of para-hydroxylation sites is 1. The molecule has 0 radical (unpaired) electrons. The molecule has 4 rings (SSSR count). The summed E-state index contributed by atoms with van der Waals surface area (Å²) in [5, 5.41) is 19.1. The minimum Gasteiger partial charge on any atom is -0.494 e. The number of nitrogens with one attached hydrogen (secondary N) is 1. The Bertz CT molecular complexity index is 1130. The first-order valence-corrected chi connectivity index (χ1v) is 10.4. The summed E-state index contributed by atoms with van der Waals surface area (Å²) < 4.78 is 10.7. The third-order valence-electron chi connectivity index (χ3n) is 5.48. The van der Waals surface area contributed by atoms with Crippen molar-refractivity contribution in [2.45, 2.75) is 19.4 Å². The molecule has 3 aromatic rings. The second-order valence-corrected chi connectivity index (χ2v) is 7.38. The number of nitrogens with zero attached hydrogens (tertiary/aromatic N) is 3. The minimum atomic E-state index is -0.628. The molecule has 1 aliphatic heterocycles. The topological polar surface area (TPSA) is 111 Å². The predicted molar refractivity (Wildman–Crippen MR) is 118 cm³/mol. The van der Waals surface area contributed by atoms with Gasteiger partial charge < -0.3 is 14.4 Å². The van der Waals surface area contributed by atoms with E-state index in [1.807, 2.05) is 31.2 Å². The molecular weight excluding hydrogens is 412 g/mol. The molecule has 0 bridgehead atoms. The Morgan fingerprint density at radius 1 is 1.19 bits per heavy atom. The number of rotatable bonds is 9. The zero-order chi connectivity index (χ0) is 22.7. The summed E-state index contributed by atoms with van der Waals surface area (Å²) in [7, 11) is 1.60. The number of carbonyl (C=O) groups excluding carboxylic acids is 1. The van der Waals surface area contributed by atoms with Crippen LogP contribution in [0.2, 0.25) is 0 Å². The van der Waals surface area contributed by atoms with E-state index in [1.165, 1.54) is 6.07 Å². The van der Waals surface area contributed by atoms with E-state index in [9.17, 15) is 14.9 Å². The van der Waals surface area contributed by atoms with E-state index >= 15 is 0 Å². The lowest BCUT2D eigenvalue weighted by Crippen LogP contribution is -2.31. The van der Waals surface area contributed by atoms with Gasteiger partial charge in [-0.05, 0) is 43.7 Å². The van der Waals surface area contributed by atoms with Gasteiger partial charge in [0.05, 0.1) is 28.8 Å². The fourth-order valence-corrected chi connectivity index (χ4v) is 4.11. The lowest BCUT2D eigenvalue weighted by Gasteiger charge is -2.26. The van der Waals surface area contributed by atoms with Crippen LogP contribution in [0.25, 0.3) is 11.3 Å². The Morgan fingerprint density at radius 2 is 1.94 bits per heavy atom. The van der Waals surface area contributed by atoms with Gasteiger partial charge in [0.1, 0.15) is 11.4 Å². The van der Waals surface area contributed by atoms with Crippen LogP contribution in [0.1, 0.15) is 41.0 Å². The Hall–Kier alpha value is -3.72. The third kappa shape index (κ3) is 3.82. The van der Waals surface area contributed by atoms with Gasteiger partial charge in [-0.3, -0.25) is 20.0 Å². The number of H-pyrrole nitrogens is 1. The largest absolute Gasteiger partial charge is 0.494 e. The number of aromatic amines is 1. The molecule has 0 aliphatic carbocycles. The van der Waals surface area contributed by atoms with Gasteiger partial charge in [0, 0.05) is 37.5 Å². The molecule has 9 heteroatoms. The smallest absolute Gasteiger partial charge is 0.275 e. The Labute approximate surface area is 185 Å². The van der Waals surface area contributed by atoms with Gasteiger partial charge in [-0.15, -0.1) is 0 Å². The number of benzene rings is 2. The molecule has 1 aromatic heterocycles. The van der Waals surface area contributed by atoms with Gasteiger partial charge in [0.25, 0.3) is 11.6 Å². The summed E-state index contributed by atoms with van der Waals surface area (Å²) in [6, 6.07) is 13.3. The van der Waals surface area contributed by atoms with Gasteiger partial charge in [0.15, 0.2) is 0 Å². The van der Waals surface area contributed by atoms with E-state index in [0.717, 1.165) is 11.3 Å². The molecule has 1 amide bonds. The van der Waals surface area contributed by atoms with Crippen molar-refractivity contribution in [1.29, 1.82) is 0 Å². The molecule has 32 heavy (non-hydrogen) atoms. The van der Waals surface area contributed by atoms with E-state index in [-0.39, 0.29) is 11.6 Å². The Morgan fingerprint density at radius 3 is 2.62 bits per heavy atom. The third-order valence-corrected chi connectivity index (χ3v) is 5.48. The molecule has 1 N–H and O–H groups in total. The minimum absolute atomic E-state index is 0.0336. The second kappa shape index (κ2) is 9.19. The highest BCUT2D eigenvalue weighted by molar-refractivity contribution is 6.00.